The van der Waals surface area contributed by atoms with Gasteiger partial charge in [0.1, 0.15) is 106 Å². The van der Waals surface area contributed by atoms with E-state index in [1.807, 2.05) is 48.5 Å². The van der Waals surface area contributed by atoms with Crippen LogP contribution in [0.5, 0.6) is 5.75 Å². The molecule has 700 valence electrons. The Morgan fingerprint density at radius 3 is 1.32 bits per heavy atom. The number of anilines is 4. The first-order chi connectivity index (χ1) is 62.6. The van der Waals surface area contributed by atoms with Gasteiger partial charge in [-0.15, -0.1) is 0 Å². The van der Waals surface area contributed by atoms with Gasteiger partial charge in [-0.2, -0.15) is 4.98 Å². The lowest BCUT2D eigenvalue weighted by atomic mass is 9.51. The highest BCUT2D eigenvalue weighted by atomic mass is 16.6. The zero-order valence-corrected chi connectivity index (χ0v) is 76.2. The molecule has 1 aromatic carbocycles. The Labute approximate surface area is 759 Å². The van der Waals surface area contributed by atoms with E-state index in [0.29, 0.717) is 126 Å². The van der Waals surface area contributed by atoms with Crippen LogP contribution >= 0.6 is 0 Å². The van der Waals surface area contributed by atoms with Crippen LogP contribution in [-0.4, -0.2) is 200 Å². The number of carbonyl (C=O) groups is 16. The largest absolute Gasteiger partial charge is 0.495 e. The number of esters is 3. The second-order valence-corrected chi connectivity index (χ2v) is 38.9. The van der Waals surface area contributed by atoms with Gasteiger partial charge in [-0.1, -0.05) is 40.5 Å². The van der Waals surface area contributed by atoms with E-state index in [1.165, 1.54) is 66.3 Å². The average Bonchev–Trinajstić information content (AvgIpc) is 1.44. The number of aromatic nitrogens is 2. The third-order valence-electron chi connectivity index (χ3n) is 31.5. The number of carboxylic acids is 2. The van der Waals surface area contributed by atoms with E-state index in [0.717, 1.165) is 42.6 Å². The summed E-state index contributed by atoms with van der Waals surface area (Å²) in [4.78, 5) is 216. The second-order valence-electron chi connectivity index (χ2n) is 38.9. The van der Waals surface area contributed by atoms with E-state index in [1.54, 1.807) is 24.2 Å². The molecule has 0 radical (unpaired) electrons. The molecule has 14 aliphatic rings. The quantitative estimate of drug-likeness (QED) is 0.0329. The highest BCUT2D eigenvalue weighted by molar-refractivity contribution is 6.17. The first-order valence-corrected chi connectivity index (χ1v) is 45.2. The van der Waals surface area contributed by atoms with Gasteiger partial charge in [0.05, 0.1) is 67.0 Å². The topological polar surface area (TPSA) is 488 Å². The lowest BCUT2D eigenvalue weighted by molar-refractivity contribution is -0.138. The molecule has 4 aliphatic heterocycles. The molecule has 8 heterocycles. The molecule has 5 aromatic rings. The summed E-state index contributed by atoms with van der Waals surface area (Å²) < 4.78 is 55.9. The van der Waals surface area contributed by atoms with Crippen LogP contribution in [-0.2, 0) is 87.8 Å². The maximum Gasteiger partial charge on any atom is 0.342 e. The molecule has 4 fully saturated rings. The number of cyclic esters (lactones) is 3. The number of Topliss-reactive ketones (excluding diaryl/α,β-unsaturated/α-hetero) is 9. The number of aliphatic carboxylic acids is 1. The summed E-state index contributed by atoms with van der Waals surface area (Å²) in [6.45, 7) is 15.3. The predicted octanol–water partition coefficient (Wildman–Crippen LogP) is 12.1. The molecule has 1 unspecified atom stereocenters. The zero-order valence-electron chi connectivity index (χ0n) is 76.2. The smallest absolute Gasteiger partial charge is 0.342 e. The third kappa shape index (κ3) is 14.7. The van der Waals surface area contributed by atoms with Gasteiger partial charge in [0.2, 0.25) is 35.1 Å². The van der Waals surface area contributed by atoms with E-state index in [4.69, 9.17) is 62.2 Å². The number of rotatable bonds is 24. The summed E-state index contributed by atoms with van der Waals surface area (Å²) in [5, 5.41) is 21.4. The van der Waals surface area contributed by atoms with Crippen molar-refractivity contribution in [3.8, 4) is 5.75 Å². The van der Waals surface area contributed by atoms with Gasteiger partial charge in [0.15, 0.2) is 23.1 Å². The molecular weight excluding hydrogens is 1710 g/mol. The van der Waals surface area contributed by atoms with Crippen LogP contribution in [0.3, 0.4) is 0 Å². The number of likely N-dealkylation sites (N-methyl/N-ethyl adjacent to an activating group) is 1. The molecule has 4 saturated carbocycles. The zero-order chi connectivity index (χ0) is 95.0. The van der Waals surface area contributed by atoms with Crippen molar-refractivity contribution in [3.63, 3.8) is 0 Å². The summed E-state index contributed by atoms with van der Waals surface area (Å²) >= 11 is 0. The van der Waals surface area contributed by atoms with E-state index >= 15 is 0 Å². The van der Waals surface area contributed by atoms with Crippen molar-refractivity contribution in [1.82, 2.24) is 9.97 Å². The maximum absolute atomic E-state index is 13.9. The monoisotopic (exact) mass is 1820 g/mol. The third-order valence-corrected chi connectivity index (χ3v) is 31.5. The average molecular weight is 1820 g/mol. The summed E-state index contributed by atoms with van der Waals surface area (Å²) in [5.41, 5.74) is 7.47. The fourth-order valence-electron chi connectivity index (χ4n) is 25.4. The summed E-state index contributed by atoms with van der Waals surface area (Å²) in [6.07, 6.45) is 12.2. The number of nitrogens with zero attached hydrogens (tertiary/aromatic N) is 4. The predicted molar refractivity (Wildman–Crippen MR) is 465 cm³/mol. The Bertz CT molecular complexity index is 5720. The number of ether oxygens (including phenoxy) is 7. The Balaban J connectivity index is 0.000000129. The number of aromatic carboxylic acids is 1. The normalized spacial score (nSPS) is 30.5. The Kier molecular flexibility index (Phi) is 24.6. The lowest BCUT2D eigenvalue weighted by Crippen LogP contribution is -2.55. The number of nitrogens with two attached hydrogens (primary N) is 1. The molecule has 4 aromatic heterocycles. The van der Waals surface area contributed by atoms with Gasteiger partial charge in [-0.25, -0.2) is 24.2 Å². The molecule has 0 bridgehead atoms. The summed E-state index contributed by atoms with van der Waals surface area (Å²) in [6, 6.07) is 4.62. The molecule has 0 saturated heterocycles. The fourth-order valence-corrected chi connectivity index (χ4v) is 25.4. The standard InChI is InChI=1S/C26H29NO8.C26H28O9.C24H26O7.C22H27N5O4/c1-25-9-12(8-13(28)4-7-18(27)30)20-19(15(25)5-6-16(25)29)22(31)23-21-14(10-34-23)24(32)35-17(11-33-3)26(20,21)2;1-25-9-12(8-13(27)4-7-18(29)30)20-19(15(25)5-6-16(25)28)22(31)23-21-14(10-34-23)24(32)35-17(11-33-3)26(20,21)2;1-11(25)7-12-8-23(2)14(5-6-15(23)26)17-18(12)24(3)16(10-29-4)31-22(28)13-9-30-21(19(13)24)20(17)27;1-4-16-20(28)26(2)17-12-23-22(25-19(17)27(16)14-7-5-6-8-14)24-15-10-9-13(21(29)30)11-18(15)31-3/h10,12,15,17H,4-9,11H2,1-3H3,(H2,27,30);10,12,15,17H,4-9,11H2,1-3H3,(H,29,30);9,12,14,16H,5-8,10H2,1-4H3;9-12,14,16H,4-8H2,1-3H3,(H,29,30)(H,23,24,25)/t2*12-,15+,17-,25+,26-;12-,14+,16-,23+,24-;/m111./s1. The number of ketones is 9. The van der Waals surface area contributed by atoms with Gasteiger partial charge >= 0.3 is 29.8 Å². The Morgan fingerprint density at radius 1 is 0.553 bits per heavy atom. The molecular formula is C98H110N6O28. The van der Waals surface area contributed by atoms with Crippen molar-refractivity contribution in [2.45, 2.75) is 237 Å². The number of hydrogen-bond donors (Lipinski definition) is 4. The molecule has 19 rings (SSSR count). The van der Waals surface area contributed by atoms with Crippen molar-refractivity contribution in [2.24, 2.45) is 57.5 Å². The van der Waals surface area contributed by atoms with E-state index < -0.39 is 98.4 Å². The second kappa shape index (κ2) is 34.8. The van der Waals surface area contributed by atoms with E-state index in [2.05, 4.69) is 15.2 Å². The number of allylic oxidation sites excluding steroid dienone is 3. The molecule has 34 nitrogen and oxygen atoms in total. The number of amides is 2. The van der Waals surface area contributed by atoms with Gasteiger partial charge in [0, 0.05) is 160 Å². The van der Waals surface area contributed by atoms with Crippen LogP contribution in [0, 0.1) is 51.8 Å². The van der Waals surface area contributed by atoms with Crippen LogP contribution in [0.15, 0.2) is 89.9 Å². The van der Waals surface area contributed by atoms with Crippen LogP contribution < -0.4 is 25.6 Å². The van der Waals surface area contributed by atoms with E-state index in [9.17, 15) is 81.8 Å². The highest BCUT2D eigenvalue weighted by Gasteiger charge is 2.68. The van der Waals surface area contributed by atoms with Crippen molar-refractivity contribution < 1.29 is 133 Å². The Hall–Kier alpha value is -12.0. The van der Waals surface area contributed by atoms with Crippen LogP contribution in [0.1, 0.15) is 280 Å². The number of furan rings is 3. The number of nitrogens with one attached hydrogen (secondary N) is 1. The SMILES string of the molecule is CCC1C(=O)N(C)c2cnc(Nc3ccc(C(=O)O)cc3OC)nc2N1C1CCCC1.COC[C@H]1OC(=O)c2coc3c2[C@@]1(C)C1=C(C3=O)[C@@H]2CCC(=O)[C@@]2(C)C[C@H]1CC(=O)CCC(=O)O.COC[C@H]1OC(=O)c2coc3c2[C@@]1(C)C1=C(C3=O)[C@@H]2CCC(=O)[C@@]2(C)C[C@H]1CC(=O)CCC(N)=O.COC[C@H]1OC(=O)c2coc3c2[C@@]1(C)C1=C(C3=O)[C@@H]2CCC(=O)[C@@]2(C)C[C@H]1CC(C)=O. The minimum atomic E-state index is -1.06. The molecule has 132 heavy (non-hydrogen) atoms. The number of carbonyl (C=O) groups excluding carboxylic acids is 14. The van der Waals surface area contributed by atoms with Crippen LogP contribution in [0.25, 0.3) is 0 Å². The van der Waals surface area contributed by atoms with Gasteiger partial charge in [-0.3, -0.25) is 52.7 Å². The van der Waals surface area contributed by atoms with E-state index in [-0.39, 0.29) is 198 Å². The molecule has 0 spiro atoms. The maximum atomic E-state index is 13.9. The number of carboxylic acid groups (broad SMARTS) is 2. The molecule has 16 atom stereocenters. The minimum Gasteiger partial charge on any atom is -0.495 e. The molecule has 34 heteroatoms. The van der Waals surface area contributed by atoms with Crippen LogP contribution in [0.2, 0.25) is 0 Å². The van der Waals surface area contributed by atoms with Crippen molar-refractivity contribution in [2.75, 3.05) is 70.4 Å². The first-order valence-electron chi connectivity index (χ1n) is 45.2. The van der Waals surface area contributed by atoms with Crippen molar-refractivity contribution in [3.05, 3.63) is 133 Å². The number of benzene rings is 1. The molecule has 2 amide bonds. The number of fused-ring (bicyclic) bond motifs is 10. The number of primary amides is 1. The highest BCUT2D eigenvalue weighted by Crippen LogP contribution is 2.67. The fraction of sp³-hybridized carbons (Fsp3) is 0.551. The summed E-state index contributed by atoms with van der Waals surface area (Å²) in [5.74, 6) is -5.68. The number of methoxy groups -OCH3 is 4. The van der Waals surface area contributed by atoms with Crippen molar-refractivity contribution in [1.29, 1.82) is 0 Å². The lowest BCUT2D eigenvalue weighted by Gasteiger charge is -2.52. The van der Waals surface area contributed by atoms with Gasteiger partial charge < -0.3 is 82.3 Å². The minimum absolute atomic E-state index is 0.000734. The Morgan fingerprint density at radius 2 is 0.955 bits per heavy atom. The molecule has 5 N–H and O–H groups in total. The summed E-state index contributed by atoms with van der Waals surface area (Å²) in [7, 11) is 7.78. The van der Waals surface area contributed by atoms with Crippen molar-refractivity contribution >= 4 is 117 Å². The first kappa shape index (κ1) is 93.2. The molecule has 10 aliphatic carbocycles. The van der Waals surface area contributed by atoms with Crippen LogP contribution in [0.4, 0.5) is 23.1 Å². The number of hydrogen-bond acceptors (Lipinski definition) is 30. The van der Waals surface area contributed by atoms with Gasteiger partial charge in [0.25, 0.3) is 0 Å². The van der Waals surface area contributed by atoms with Gasteiger partial charge in [-0.05, 0) is 138 Å².